The molecule has 3 rings (SSSR count). The van der Waals surface area contributed by atoms with Crippen LogP contribution in [0, 0.1) is 0 Å². The predicted molar refractivity (Wildman–Crippen MR) is 84.7 cm³/mol. The zero-order chi connectivity index (χ0) is 17.0. The lowest BCUT2D eigenvalue weighted by Gasteiger charge is -2.32. The van der Waals surface area contributed by atoms with Crippen LogP contribution in [0.25, 0.3) is 0 Å². The molecular weight excluding hydrogens is 297 g/mol. The Morgan fingerprint density at radius 2 is 1.83 bits per heavy atom. The molecule has 3 aliphatic rings. The minimum absolute atomic E-state index is 0.000210. The molecule has 0 aliphatic carbocycles. The summed E-state index contributed by atoms with van der Waals surface area (Å²) in [5, 5.41) is 9.31. The minimum atomic E-state index is -0.923. The molecule has 0 aromatic rings. The lowest BCUT2D eigenvalue weighted by molar-refractivity contribution is -0.147. The van der Waals surface area contributed by atoms with E-state index in [4.69, 9.17) is 9.31 Å². The van der Waals surface area contributed by atoms with Crippen LogP contribution in [0.3, 0.4) is 0 Å². The third-order valence-corrected chi connectivity index (χ3v) is 5.67. The first-order valence-electron chi connectivity index (χ1n) is 8.23. The zero-order valence-corrected chi connectivity index (χ0v) is 14.2. The normalized spacial score (nSPS) is 32.5. The molecule has 7 heteroatoms. The summed E-state index contributed by atoms with van der Waals surface area (Å²) in [4.78, 5) is 25.5. The number of carboxylic acid groups (broad SMARTS) is 1. The molecule has 0 aromatic carbocycles. The predicted octanol–water partition coefficient (Wildman–Crippen LogP) is 1.78. The van der Waals surface area contributed by atoms with Crippen molar-refractivity contribution in [3.63, 3.8) is 0 Å². The van der Waals surface area contributed by atoms with Gasteiger partial charge in [0.2, 0.25) is 5.91 Å². The quantitative estimate of drug-likeness (QED) is 0.785. The van der Waals surface area contributed by atoms with Gasteiger partial charge in [-0.3, -0.25) is 4.79 Å². The van der Waals surface area contributed by atoms with Gasteiger partial charge in [-0.25, -0.2) is 4.79 Å². The Kier molecular flexibility index (Phi) is 3.84. The number of carboxylic acids is 1. The number of nitrogens with zero attached hydrogens (tertiary/aromatic N) is 1. The summed E-state index contributed by atoms with van der Waals surface area (Å²) in [6.45, 7) is 7.91. The second-order valence-corrected chi connectivity index (χ2v) is 7.68. The molecule has 1 amide bonds. The smallest absolute Gasteiger partial charge is 0.480 e. The van der Waals surface area contributed by atoms with Crippen LogP contribution >= 0.6 is 0 Å². The van der Waals surface area contributed by atoms with Crippen molar-refractivity contribution >= 4 is 19.0 Å². The fourth-order valence-electron chi connectivity index (χ4n) is 3.56. The van der Waals surface area contributed by atoms with Crippen LogP contribution in [0.1, 0.15) is 53.4 Å². The van der Waals surface area contributed by atoms with E-state index in [1.807, 2.05) is 27.7 Å². The van der Waals surface area contributed by atoms with Gasteiger partial charge in [0, 0.05) is 6.04 Å². The van der Waals surface area contributed by atoms with E-state index in [2.05, 4.69) is 0 Å². The van der Waals surface area contributed by atoms with Gasteiger partial charge in [-0.05, 0) is 64.9 Å². The van der Waals surface area contributed by atoms with E-state index in [-0.39, 0.29) is 11.9 Å². The van der Waals surface area contributed by atoms with Crippen molar-refractivity contribution in [2.45, 2.75) is 76.7 Å². The van der Waals surface area contributed by atoms with Crippen molar-refractivity contribution in [1.29, 1.82) is 0 Å². The van der Waals surface area contributed by atoms with Crippen LogP contribution < -0.4 is 0 Å². The van der Waals surface area contributed by atoms with E-state index in [1.165, 1.54) is 11.0 Å². The van der Waals surface area contributed by atoms with E-state index < -0.39 is 30.3 Å². The Balaban J connectivity index is 1.83. The molecule has 0 spiro atoms. The van der Waals surface area contributed by atoms with Crippen molar-refractivity contribution in [3.05, 3.63) is 11.5 Å². The molecule has 1 N–H and O–H groups in total. The molecule has 6 nitrogen and oxygen atoms in total. The Labute approximate surface area is 137 Å². The van der Waals surface area contributed by atoms with Crippen LogP contribution in [-0.2, 0) is 18.9 Å². The van der Waals surface area contributed by atoms with Gasteiger partial charge in [-0.2, -0.15) is 0 Å². The summed E-state index contributed by atoms with van der Waals surface area (Å²) in [6, 6.07) is -0.707. The fraction of sp³-hybridized carbons (Fsp3) is 0.750. The Morgan fingerprint density at radius 3 is 2.39 bits per heavy atom. The van der Waals surface area contributed by atoms with Gasteiger partial charge in [0.05, 0.1) is 11.2 Å². The minimum Gasteiger partial charge on any atom is -0.480 e. The number of hydrogen-bond donors (Lipinski definition) is 1. The summed E-state index contributed by atoms with van der Waals surface area (Å²) in [7, 11) is -0.535. The van der Waals surface area contributed by atoms with Crippen molar-refractivity contribution in [1.82, 2.24) is 4.90 Å². The SMILES string of the molecule is CC1(C)OB(C2=CC(=O)N3C(CC2)CC[C@H]3C(=O)O)OC1(C)C. The van der Waals surface area contributed by atoms with E-state index in [0.29, 0.717) is 12.8 Å². The summed E-state index contributed by atoms with van der Waals surface area (Å²) in [6.07, 6.45) is 4.25. The number of hydrogen-bond acceptors (Lipinski definition) is 4. The monoisotopic (exact) mass is 321 g/mol. The number of carbonyl (C=O) groups excluding carboxylic acids is 1. The molecule has 0 saturated carbocycles. The Hall–Kier alpha value is -1.34. The van der Waals surface area contributed by atoms with E-state index >= 15 is 0 Å². The molecule has 23 heavy (non-hydrogen) atoms. The Morgan fingerprint density at radius 1 is 1.22 bits per heavy atom. The lowest BCUT2D eigenvalue weighted by atomic mass is 9.75. The number of rotatable bonds is 2. The first kappa shape index (κ1) is 16.5. The average molecular weight is 321 g/mol. The first-order chi connectivity index (χ1) is 10.6. The highest BCUT2D eigenvalue weighted by Crippen LogP contribution is 2.40. The van der Waals surface area contributed by atoms with Gasteiger partial charge in [-0.15, -0.1) is 0 Å². The highest BCUT2D eigenvalue weighted by molar-refractivity contribution is 6.55. The highest BCUT2D eigenvalue weighted by atomic mass is 16.7. The van der Waals surface area contributed by atoms with Crippen LogP contribution in [0.15, 0.2) is 11.5 Å². The number of allylic oxidation sites excluding steroid dienone is 1. The van der Waals surface area contributed by atoms with Crippen LogP contribution in [0.5, 0.6) is 0 Å². The molecule has 2 saturated heterocycles. The van der Waals surface area contributed by atoms with Gasteiger partial charge >= 0.3 is 13.1 Å². The molecular formula is C16H24BNO5. The van der Waals surface area contributed by atoms with Gasteiger partial charge in [-0.1, -0.05) is 0 Å². The first-order valence-corrected chi connectivity index (χ1v) is 8.23. The fourth-order valence-corrected chi connectivity index (χ4v) is 3.56. The number of aliphatic carboxylic acids is 1. The molecule has 3 aliphatic heterocycles. The largest absolute Gasteiger partial charge is 0.490 e. The van der Waals surface area contributed by atoms with Crippen LogP contribution in [0.2, 0.25) is 0 Å². The maximum atomic E-state index is 12.6. The molecule has 1 unspecified atom stereocenters. The summed E-state index contributed by atoms with van der Waals surface area (Å²) >= 11 is 0. The zero-order valence-electron chi connectivity index (χ0n) is 14.2. The van der Waals surface area contributed by atoms with Crippen molar-refractivity contribution < 1.29 is 24.0 Å². The third kappa shape index (κ3) is 2.70. The molecule has 2 fully saturated rings. The van der Waals surface area contributed by atoms with Gasteiger partial charge in [0.1, 0.15) is 6.04 Å². The van der Waals surface area contributed by atoms with E-state index in [9.17, 15) is 14.7 Å². The molecule has 126 valence electrons. The molecule has 0 radical (unpaired) electrons. The van der Waals surface area contributed by atoms with E-state index in [1.54, 1.807) is 0 Å². The molecule has 3 heterocycles. The highest BCUT2D eigenvalue weighted by Gasteiger charge is 2.53. The van der Waals surface area contributed by atoms with Crippen LogP contribution in [0.4, 0.5) is 0 Å². The number of fused-ring (bicyclic) bond motifs is 1. The molecule has 0 aromatic heterocycles. The number of amides is 1. The third-order valence-electron chi connectivity index (χ3n) is 5.67. The molecule has 0 bridgehead atoms. The van der Waals surface area contributed by atoms with Gasteiger partial charge < -0.3 is 19.3 Å². The number of carbonyl (C=O) groups is 2. The van der Waals surface area contributed by atoms with E-state index in [0.717, 1.165) is 18.3 Å². The van der Waals surface area contributed by atoms with Crippen molar-refractivity contribution in [2.75, 3.05) is 0 Å². The van der Waals surface area contributed by atoms with Crippen molar-refractivity contribution in [2.24, 2.45) is 0 Å². The van der Waals surface area contributed by atoms with Gasteiger partial charge in [0.25, 0.3) is 0 Å². The second kappa shape index (κ2) is 5.35. The standard InChI is InChI=1S/C16H24BNO5/c1-15(2)16(3,4)23-17(22-15)10-5-6-11-7-8-12(14(20)21)18(11)13(19)9-10/h9,11-12H,5-8H2,1-4H3,(H,20,21)/t11?,12-/m0/s1. The topological polar surface area (TPSA) is 76.1 Å². The van der Waals surface area contributed by atoms with Gasteiger partial charge in [0.15, 0.2) is 0 Å². The summed E-state index contributed by atoms with van der Waals surface area (Å²) in [5.41, 5.74) is -0.0893. The summed E-state index contributed by atoms with van der Waals surface area (Å²) < 4.78 is 12.1. The Bertz CT molecular complexity index is 555. The van der Waals surface area contributed by atoms with Crippen LogP contribution in [-0.4, -0.2) is 52.3 Å². The summed E-state index contributed by atoms with van der Waals surface area (Å²) in [5.74, 6) is -1.16. The maximum absolute atomic E-state index is 12.6. The average Bonchev–Trinajstić information content (AvgIpc) is 2.88. The molecule has 2 atom stereocenters. The maximum Gasteiger partial charge on any atom is 0.490 e. The second-order valence-electron chi connectivity index (χ2n) is 7.68. The lowest BCUT2D eigenvalue weighted by Crippen LogP contribution is -2.43. The van der Waals surface area contributed by atoms with Crippen molar-refractivity contribution in [3.8, 4) is 0 Å².